The van der Waals surface area contributed by atoms with E-state index in [4.69, 9.17) is 14.5 Å². The molecule has 0 spiro atoms. The highest BCUT2D eigenvalue weighted by molar-refractivity contribution is 14.0. The highest BCUT2D eigenvalue weighted by atomic mass is 127. The van der Waals surface area contributed by atoms with E-state index in [0.717, 1.165) is 56.5 Å². The summed E-state index contributed by atoms with van der Waals surface area (Å²) in [6.07, 6.45) is 2.21. The summed E-state index contributed by atoms with van der Waals surface area (Å²) >= 11 is 0. The number of hydrogen-bond donors (Lipinski definition) is 2. The molecule has 1 heterocycles. The van der Waals surface area contributed by atoms with E-state index < -0.39 is 0 Å². The van der Waals surface area contributed by atoms with Crippen molar-refractivity contribution in [1.82, 2.24) is 15.5 Å². The molecule has 1 unspecified atom stereocenters. The number of nitrogens with zero attached hydrogens (tertiary/aromatic N) is 2. The molecule has 0 amide bonds. The Morgan fingerprint density at radius 3 is 2.62 bits per heavy atom. The number of guanidine groups is 1. The average Bonchev–Trinajstić information content (AvgIpc) is 2.67. The van der Waals surface area contributed by atoms with Crippen molar-refractivity contribution < 1.29 is 9.47 Å². The van der Waals surface area contributed by atoms with Crippen LogP contribution in [0.3, 0.4) is 0 Å². The summed E-state index contributed by atoms with van der Waals surface area (Å²) in [6, 6.07) is 8.11. The summed E-state index contributed by atoms with van der Waals surface area (Å²) in [5, 5.41) is 6.93. The maximum Gasteiger partial charge on any atom is 0.191 e. The van der Waals surface area contributed by atoms with Gasteiger partial charge in [-0.05, 0) is 45.7 Å². The Balaban J connectivity index is 0.00000420. The van der Waals surface area contributed by atoms with Crippen molar-refractivity contribution in [3.05, 3.63) is 36.4 Å². The van der Waals surface area contributed by atoms with Crippen LogP contribution in [-0.4, -0.2) is 62.8 Å². The van der Waals surface area contributed by atoms with Crippen molar-refractivity contribution in [3.8, 4) is 11.5 Å². The van der Waals surface area contributed by atoms with Crippen LogP contribution in [0.15, 0.2) is 41.4 Å². The van der Waals surface area contributed by atoms with Gasteiger partial charge >= 0.3 is 0 Å². The number of hydrogen-bond acceptors (Lipinski definition) is 4. The van der Waals surface area contributed by atoms with Crippen LogP contribution >= 0.6 is 24.0 Å². The van der Waals surface area contributed by atoms with E-state index in [-0.39, 0.29) is 30.1 Å². The van der Waals surface area contributed by atoms with Gasteiger partial charge in [0.1, 0.15) is 17.6 Å². The van der Waals surface area contributed by atoms with E-state index in [0.29, 0.717) is 12.6 Å². The van der Waals surface area contributed by atoms with Gasteiger partial charge in [0.15, 0.2) is 5.96 Å². The van der Waals surface area contributed by atoms with Crippen LogP contribution in [0, 0.1) is 0 Å². The Labute approximate surface area is 193 Å². The molecule has 6 nitrogen and oxygen atoms in total. The van der Waals surface area contributed by atoms with Gasteiger partial charge < -0.3 is 20.1 Å². The van der Waals surface area contributed by atoms with Crippen molar-refractivity contribution in [1.29, 1.82) is 0 Å². The minimum Gasteiger partial charge on any atom is -0.497 e. The molecule has 1 atom stereocenters. The normalized spacial score (nSPS) is 16.5. The molecule has 0 bridgehead atoms. The van der Waals surface area contributed by atoms with E-state index in [2.05, 4.69) is 36.0 Å². The first kappa shape index (κ1) is 25.6. The maximum atomic E-state index is 5.97. The van der Waals surface area contributed by atoms with E-state index in [9.17, 15) is 0 Å². The predicted molar refractivity (Wildman–Crippen MR) is 132 cm³/mol. The molecular weight excluding hydrogens is 479 g/mol. The number of nitrogens with one attached hydrogen (secondary N) is 2. The lowest BCUT2D eigenvalue weighted by Crippen LogP contribution is -2.49. The van der Waals surface area contributed by atoms with Crippen molar-refractivity contribution in [2.45, 2.75) is 45.8 Å². The lowest BCUT2D eigenvalue weighted by atomic mass is 10.0. The first-order valence-electron chi connectivity index (χ1n) is 10.2. The van der Waals surface area contributed by atoms with E-state index in [1.165, 1.54) is 5.57 Å². The van der Waals surface area contributed by atoms with Gasteiger partial charge in [-0.2, -0.15) is 0 Å². The van der Waals surface area contributed by atoms with Crippen LogP contribution in [0.2, 0.25) is 0 Å². The number of halogens is 1. The van der Waals surface area contributed by atoms with Crippen LogP contribution in [0.5, 0.6) is 11.5 Å². The van der Waals surface area contributed by atoms with Crippen molar-refractivity contribution >= 4 is 29.9 Å². The lowest BCUT2D eigenvalue weighted by molar-refractivity contribution is 0.219. The standard InChI is InChI=1S/C22H36N4O2.HI/c1-6-23-22(25-19-10-12-26(13-11-19)16-17(2)3)24-15-18(4)28-21-9-7-8-20(14-21)27-5;/h7-9,14,18-19H,2,6,10-13,15-16H2,1,3-5H3,(H2,23,24,25);1H. The number of aliphatic imine (C=N–C) groups is 1. The molecule has 0 saturated carbocycles. The monoisotopic (exact) mass is 516 g/mol. The highest BCUT2D eigenvalue weighted by Crippen LogP contribution is 2.20. The lowest BCUT2D eigenvalue weighted by Gasteiger charge is -2.33. The Morgan fingerprint density at radius 2 is 2.00 bits per heavy atom. The molecule has 2 N–H and O–H groups in total. The largest absolute Gasteiger partial charge is 0.497 e. The third kappa shape index (κ3) is 9.71. The highest BCUT2D eigenvalue weighted by Gasteiger charge is 2.19. The van der Waals surface area contributed by atoms with Crippen LogP contribution < -0.4 is 20.1 Å². The zero-order valence-electron chi connectivity index (χ0n) is 18.2. The Morgan fingerprint density at radius 1 is 1.31 bits per heavy atom. The topological polar surface area (TPSA) is 58.1 Å². The van der Waals surface area contributed by atoms with E-state index >= 15 is 0 Å². The second kappa shape index (κ2) is 13.7. The van der Waals surface area contributed by atoms with Crippen LogP contribution in [0.4, 0.5) is 0 Å². The number of ether oxygens (including phenoxy) is 2. The number of benzene rings is 1. The number of piperidine rings is 1. The molecule has 1 aromatic rings. The second-order valence-corrected chi connectivity index (χ2v) is 7.48. The molecule has 0 radical (unpaired) electrons. The summed E-state index contributed by atoms with van der Waals surface area (Å²) in [5.41, 5.74) is 1.23. The third-order valence-electron chi connectivity index (χ3n) is 4.65. The van der Waals surface area contributed by atoms with Gasteiger partial charge in [0.2, 0.25) is 0 Å². The third-order valence-corrected chi connectivity index (χ3v) is 4.65. The van der Waals surface area contributed by atoms with Gasteiger partial charge in [-0.25, -0.2) is 4.99 Å². The molecule has 1 fully saturated rings. The Kier molecular flexibility index (Phi) is 12.1. The van der Waals surface area contributed by atoms with Gasteiger partial charge in [-0.3, -0.25) is 4.90 Å². The fraction of sp³-hybridized carbons (Fsp3) is 0.591. The summed E-state index contributed by atoms with van der Waals surface area (Å²) in [7, 11) is 1.66. The van der Waals surface area contributed by atoms with Gasteiger partial charge in [0.05, 0.1) is 13.7 Å². The first-order chi connectivity index (χ1) is 13.5. The molecule has 29 heavy (non-hydrogen) atoms. The minimum absolute atomic E-state index is 0. The summed E-state index contributed by atoms with van der Waals surface area (Å²) in [6.45, 7) is 14.8. The predicted octanol–water partition coefficient (Wildman–Crippen LogP) is 3.68. The van der Waals surface area contributed by atoms with E-state index in [1.54, 1.807) is 7.11 Å². The fourth-order valence-corrected chi connectivity index (χ4v) is 3.29. The van der Waals surface area contributed by atoms with Crippen molar-refractivity contribution in [2.75, 3.05) is 39.8 Å². The molecule has 164 valence electrons. The van der Waals surface area contributed by atoms with Crippen LogP contribution in [0.25, 0.3) is 0 Å². The number of rotatable bonds is 9. The summed E-state index contributed by atoms with van der Waals surface area (Å²) in [5.74, 6) is 2.45. The molecular formula is C22H37IN4O2. The number of methoxy groups -OCH3 is 1. The zero-order valence-corrected chi connectivity index (χ0v) is 20.6. The molecule has 2 rings (SSSR count). The van der Waals surface area contributed by atoms with Gasteiger partial charge in [-0.1, -0.05) is 18.2 Å². The van der Waals surface area contributed by atoms with Crippen LogP contribution in [-0.2, 0) is 0 Å². The molecule has 0 aliphatic carbocycles. The fourth-order valence-electron chi connectivity index (χ4n) is 3.29. The van der Waals surface area contributed by atoms with E-state index in [1.807, 2.05) is 31.2 Å². The second-order valence-electron chi connectivity index (χ2n) is 7.48. The smallest absolute Gasteiger partial charge is 0.191 e. The van der Waals surface area contributed by atoms with Crippen molar-refractivity contribution in [2.24, 2.45) is 4.99 Å². The summed E-state index contributed by atoms with van der Waals surface area (Å²) < 4.78 is 11.2. The van der Waals surface area contributed by atoms with Gasteiger partial charge in [0.25, 0.3) is 0 Å². The molecule has 1 aliphatic rings. The van der Waals surface area contributed by atoms with Crippen LogP contribution in [0.1, 0.15) is 33.6 Å². The molecule has 1 aliphatic heterocycles. The molecule has 7 heteroatoms. The van der Waals surface area contributed by atoms with Gasteiger partial charge in [0, 0.05) is 38.3 Å². The summed E-state index contributed by atoms with van der Waals surface area (Å²) in [4.78, 5) is 7.19. The molecule has 1 saturated heterocycles. The number of likely N-dealkylation sites (tertiary alicyclic amines) is 1. The minimum atomic E-state index is -0.0278. The average molecular weight is 516 g/mol. The molecule has 0 aromatic heterocycles. The molecule has 1 aromatic carbocycles. The van der Waals surface area contributed by atoms with Crippen molar-refractivity contribution in [3.63, 3.8) is 0 Å². The first-order valence-corrected chi connectivity index (χ1v) is 10.2. The Hall–Kier alpha value is -1.48. The zero-order chi connectivity index (χ0) is 20.4. The quantitative estimate of drug-likeness (QED) is 0.227. The van der Waals surface area contributed by atoms with Gasteiger partial charge in [-0.15, -0.1) is 24.0 Å². The Bertz CT molecular complexity index is 645. The SMILES string of the molecule is C=C(C)CN1CCC(NC(=NCC(C)Oc2cccc(OC)c2)NCC)CC1.I. The maximum absolute atomic E-state index is 5.97.